The van der Waals surface area contributed by atoms with Crippen LogP contribution in [0.4, 0.5) is 0 Å². The smallest absolute Gasteiger partial charge is 0.235 e. The van der Waals surface area contributed by atoms with Crippen molar-refractivity contribution in [1.82, 2.24) is 5.32 Å². The SMILES string of the molecule is Cc1ccc(C)c([C@@H](C)NC(=O)CCl)c1. The predicted molar refractivity (Wildman–Crippen MR) is 63.2 cm³/mol. The molecule has 0 spiro atoms. The van der Waals surface area contributed by atoms with Crippen LogP contribution in [0.1, 0.15) is 29.7 Å². The van der Waals surface area contributed by atoms with E-state index in [0.29, 0.717) is 0 Å². The van der Waals surface area contributed by atoms with Crippen LogP contribution in [0.2, 0.25) is 0 Å². The molecule has 0 fully saturated rings. The van der Waals surface area contributed by atoms with Gasteiger partial charge in [-0.1, -0.05) is 23.8 Å². The first kappa shape index (κ1) is 12.1. The zero-order valence-electron chi connectivity index (χ0n) is 9.30. The molecular formula is C12H16ClNO. The fourth-order valence-electron chi connectivity index (χ4n) is 1.58. The van der Waals surface area contributed by atoms with Crippen molar-refractivity contribution in [3.05, 3.63) is 34.9 Å². The molecule has 1 aromatic carbocycles. The maximum Gasteiger partial charge on any atom is 0.235 e. The average Bonchev–Trinajstić information content (AvgIpc) is 2.21. The van der Waals surface area contributed by atoms with Crippen LogP contribution in [0, 0.1) is 13.8 Å². The highest BCUT2D eigenvalue weighted by molar-refractivity contribution is 6.27. The molecule has 2 nitrogen and oxygen atoms in total. The highest BCUT2D eigenvalue weighted by atomic mass is 35.5. The molecule has 0 saturated carbocycles. The van der Waals surface area contributed by atoms with Crippen molar-refractivity contribution >= 4 is 17.5 Å². The second-order valence-electron chi connectivity index (χ2n) is 3.78. The van der Waals surface area contributed by atoms with E-state index in [2.05, 4.69) is 23.5 Å². The number of hydrogen-bond acceptors (Lipinski definition) is 1. The van der Waals surface area contributed by atoms with E-state index >= 15 is 0 Å². The van der Waals surface area contributed by atoms with E-state index in [9.17, 15) is 4.79 Å². The molecule has 3 heteroatoms. The van der Waals surface area contributed by atoms with Crippen LogP contribution in [0.25, 0.3) is 0 Å². The molecule has 0 heterocycles. The summed E-state index contributed by atoms with van der Waals surface area (Å²) in [4.78, 5) is 11.1. The summed E-state index contributed by atoms with van der Waals surface area (Å²) in [6.07, 6.45) is 0. The van der Waals surface area contributed by atoms with Gasteiger partial charge in [-0.05, 0) is 31.9 Å². The highest BCUT2D eigenvalue weighted by Crippen LogP contribution is 2.18. The monoisotopic (exact) mass is 225 g/mol. The van der Waals surface area contributed by atoms with E-state index in [1.54, 1.807) is 0 Å². The van der Waals surface area contributed by atoms with Crippen molar-refractivity contribution in [3.63, 3.8) is 0 Å². The lowest BCUT2D eigenvalue weighted by atomic mass is 10.00. The lowest BCUT2D eigenvalue weighted by Gasteiger charge is -2.16. The van der Waals surface area contributed by atoms with Gasteiger partial charge in [0.1, 0.15) is 5.88 Å². The van der Waals surface area contributed by atoms with E-state index in [1.807, 2.05) is 20.8 Å². The predicted octanol–water partition coefficient (Wildman–Crippen LogP) is 2.72. The Kier molecular flexibility index (Phi) is 4.15. The van der Waals surface area contributed by atoms with Crippen LogP contribution in [-0.2, 0) is 4.79 Å². The average molecular weight is 226 g/mol. The van der Waals surface area contributed by atoms with E-state index in [1.165, 1.54) is 11.1 Å². The van der Waals surface area contributed by atoms with Crippen molar-refractivity contribution in [2.75, 3.05) is 5.88 Å². The first-order valence-electron chi connectivity index (χ1n) is 4.97. The summed E-state index contributed by atoms with van der Waals surface area (Å²) >= 11 is 5.44. The van der Waals surface area contributed by atoms with Gasteiger partial charge in [-0.3, -0.25) is 4.79 Å². The van der Waals surface area contributed by atoms with E-state index in [4.69, 9.17) is 11.6 Å². The van der Waals surface area contributed by atoms with Gasteiger partial charge in [0.15, 0.2) is 0 Å². The van der Waals surface area contributed by atoms with Gasteiger partial charge in [0.2, 0.25) is 5.91 Å². The van der Waals surface area contributed by atoms with Crippen molar-refractivity contribution in [2.45, 2.75) is 26.8 Å². The molecule has 0 aliphatic carbocycles. The number of amides is 1. The Morgan fingerprint density at radius 3 is 2.73 bits per heavy atom. The summed E-state index contributed by atoms with van der Waals surface area (Å²) < 4.78 is 0. The van der Waals surface area contributed by atoms with Crippen LogP contribution >= 0.6 is 11.6 Å². The van der Waals surface area contributed by atoms with Gasteiger partial charge < -0.3 is 5.32 Å². The third-order valence-corrected chi connectivity index (χ3v) is 2.64. The molecule has 0 saturated heterocycles. The van der Waals surface area contributed by atoms with E-state index in [-0.39, 0.29) is 17.8 Å². The van der Waals surface area contributed by atoms with Gasteiger partial charge in [-0.15, -0.1) is 11.6 Å². The lowest BCUT2D eigenvalue weighted by molar-refractivity contribution is -0.119. The quantitative estimate of drug-likeness (QED) is 0.788. The topological polar surface area (TPSA) is 29.1 Å². The standard InChI is InChI=1S/C12H16ClNO/c1-8-4-5-9(2)11(6-8)10(3)14-12(15)7-13/h4-6,10H,7H2,1-3H3,(H,14,15)/t10-/m1/s1. The number of benzene rings is 1. The normalized spacial score (nSPS) is 12.3. The molecule has 1 amide bonds. The molecule has 1 N–H and O–H groups in total. The summed E-state index contributed by atoms with van der Waals surface area (Å²) in [6, 6.07) is 6.23. The maximum atomic E-state index is 11.1. The largest absolute Gasteiger partial charge is 0.349 e. The highest BCUT2D eigenvalue weighted by Gasteiger charge is 2.10. The number of aryl methyl sites for hydroxylation is 2. The Morgan fingerprint density at radius 2 is 2.13 bits per heavy atom. The van der Waals surface area contributed by atoms with Crippen molar-refractivity contribution in [2.24, 2.45) is 0 Å². The van der Waals surface area contributed by atoms with Crippen molar-refractivity contribution in [3.8, 4) is 0 Å². The Morgan fingerprint density at radius 1 is 1.47 bits per heavy atom. The fraction of sp³-hybridized carbons (Fsp3) is 0.417. The maximum absolute atomic E-state index is 11.1. The number of carbonyl (C=O) groups is 1. The van der Waals surface area contributed by atoms with Crippen LogP contribution in [0.15, 0.2) is 18.2 Å². The second kappa shape index (κ2) is 5.17. The molecule has 0 aliphatic heterocycles. The summed E-state index contributed by atoms with van der Waals surface area (Å²) in [7, 11) is 0. The summed E-state index contributed by atoms with van der Waals surface area (Å²) in [5.74, 6) is -0.125. The molecule has 82 valence electrons. The van der Waals surface area contributed by atoms with E-state index in [0.717, 1.165) is 5.56 Å². The molecule has 15 heavy (non-hydrogen) atoms. The van der Waals surface area contributed by atoms with Gasteiger partial charge in [-0.25, -0.2) is 0 Å². The Bertz CT molecular complexity index is 363. The Labute approximate surface area is 95.6 Å². The van der Waals surface area contributed by atoms with E-state index < -0.39 is 0 Å². The molecule has 1 atom stereocenters. The zero-order valence-corrected chi connectivity index (χ0v) is 10.1. The molecule has 1 aromatic rings. The van der Waals surface area contributed by atoms with Crippen LogP contribution in [-0.4, -0.2) is 11.8 Å². The molecule has 1 rings (SSSR count). The third-order valence-electron chi connectivity index (χ3n) is 2.40. The van der Waals surface area contributed by atoms with Gasteiger partial charge >= 0.3 is 0 Å². The second-order valence-corrected chi connectivity index (χ2v) is 4.05. The summed E-state index contributed by atoms with van der Waals surface area (Å²) in [5, 5.41) is 2.84. The number of rotatable bonds is 3. The molecule has 0 bridgehead atoms. The molecule has 0 radical (unpaired) electrons. The first-order chi connectivity index (χ1) is 7.04. The number of halogens is 1. The molecular weight excluding hydrogens is 210 g/mol. The third kappa shape index (κ3) is 3.24. The Hall–Kier alpha value is -1.02. The summed E-state index contributed by atoms with van der Waals surface area (Å²) in [6.45, 7) is 6.05. The number of hydrogen-bond donors (Lipinski definition) is 1. The van der Waals surface area contributed by atoms with Crippen molar-refractivity contribution in [1.29, 1.82) is 0 Å². The number of alkyl halides is 1. The fourth-order valence-corrected chi connectivity index (χ4v) is 1.66. The molecule has 0 aliphatic rings. The Balaban J connectivity index is 2.85. The van der Waals surface area contributed by atoms with Gasteiger partial charge in [0.05, 0.1) is 6.04 Å². The van der Waals surface area contributed by atoms with Crippen LogP contribution in [0.3, 0.4) is 0 Å². The van der Waals surface area contributed by atoms with Gasteiger partial charge in [0.25, 0.3) is 0 Å². The zero-order chi connectivity index (χ0) is 11.4. The number of carbonyl (C=O) groups excluding carboxylic acids is 1. The molecule has 0 aromatic heterocycles. The number of nitrogens with one attached hydrogen (secondary N) is 1. The van der Waals surface area contributed by atoms with Crippen molar-refractivity contribution < 1.29 is 4.79 Å². The van der Waals surface area contributed by atoms with Crippen LogP contribution in [0.5, 0.6) is 0 Å². The lowest BCUT2D eigenvalue weighted by Crippen LogP contribution is -2.27. The van der Waals surface area contributed by atoms with Crippen LogP contribution < -0.4 is 5.32 Å². The van der Waals surface area contributed by atoms with Gasteiger partial charge in [0, 0.05) is 0 Å². The van der Waals surface area contributed by atoms with Gasteiger partial charge in [-0.2, -0.15) is 0 Å². The summed E-state index contributed by atoms with van der Waals surface area (Å²) in [5.41, 5.74) is 3.53. The minimum atomic E-state index is -0.134. The first-order valence-corrected chi connectivity index (χ1v) is 5.50. The molecule has 0 unspecified atom stereocenters. The minimum absolute atomic E-state index is 0.00913. The minimum Gasteiger partial charge on any atom is -0.349 e.